The van der Waals surface area contributed by atoms with Gasteiger partial charge >= 0.3 is 0 Å². The molecule has 2 aromatic heterocycles. The third kappa shape index (κ3) is 2.67. The van der Waals surface area contributed by atoms with Crippen molar-refractivity contribution in [1.82, 2.24) is 20.1 Å². The normalized spacial score (nSPS) is 12.6. The van der Waals surface area contributed by atoms with E-state index in [1.165, 1.54) is 5.56 Å². The molecule has 2 heterocycles. The van der Waals surface area contributed by atoms with Gasteiger partial charge in [-0.05, 0) is 19.1 Å². The number of nitrogens with zero attached hydrogens (tertiary/aromatic N) is 3. The molecule has 0 bridgehead atoms. The van der Waals surface area contributed by atoms with Gasteiger partial charge in [-0.25, -0.2) is 0 Å². The minimum absolute atomic E-state index is 0.288. The van der Waals surface area contributed by atoms with E-state index in [9.17, 15) is 0 Å². The molecule has 0 aliphatic rings. The smallest absolute Gasteiger partial charge is 0.0541 e. The first-order chi connectivity index (χ1) is 7.75. The van der Waals surface area contributed by atoms with Crippen LogP contribution in [0.5, 0.6) is 0 Å². The average molecular weight is 216 g/mol. The largest absolute Gasteiger partial charge is 0.304 e. The lowest BCUT2D eigenvalue weighted by Gasteiger charge is -2.11. The highest BCUT2D eigenvalue weighted by molar-refractivity contribution is 5.10. The van der Waals surface area contributed by atoms with Gasteiger partial charge in [-0.2, -0.15) is 5.10 Å². The molecule has 0 saturated heterocycles. The fraction of sp³-hybridized carbons (Fsp3) is 0.333. The highest BCUT2D eigenvalue weighted by Gasteiger charge is 2.06. The fourth-order valence-electron chi connectivity index (χ4n) is 1.54. The third-order valence-electron chi connectivity index (χ3n) is 2.54. The lowest BCUT2D eigenvalue weighted by atomic mass is 10.2. The van der Waals surface area contributed by atoms with Gasteiger partial charge in [-0.15, -0.1) is 0 Å². The number of aromatic nitrogens is 3. The molecule has 16 heavy (non-hydrogen) atoms. The molecular formula is C12H16N4. The predicted octanol–water partition coefficient (Wildman–Crippen LogP) is 1.67. The fourth-order valence-corrected chi connectivity index (χ4v) is 1.54. The molecule has 0 aromatic carbocycles. The summed E-state index contributed by atoms with van der Waals surface area (Å²) >= 11 is 0. The Hall–Kier alpha value is -1.68. The number of hydrogen-bond donors (Lipinski definition) is 1. The van der Waals surface area contributed by atoms with E-state index in [1.807, 2.05) is 48.5 Å². The molecule has 1 atom stereocenters. The maximum absolute atomic E-state index is 4.27. The molecule has 0 saturated carbocycles. The van der Waals surface area contributed by atoms with E-state index < -0.39 is 0 Å². The zero-order chi connectivity index (χ0) is 11.4. The van der Waals surface area contributed by atoms with Gasteiger partial charge in [0.25, 0.3) is 0 Å². The summed E-state index contributed by atoms with van der Waals surface area (Å²) in [6.45, 7) is 2.90. The molecule has 1 unspecified atom stereocenters. The Morgan fingerprint density at radius 1 is 1.44 bits per heavy atom. The van der Waals surface area contributed by atoms with Crippen LogP contribution < -0.4 is 5.32 Å². The molecule has 2 aromatic rings. The van der Waals surface area contributed by atoms with Crippen molar-refractivity contribution in [3.63, 3.8) is 0 Å². The first-order valence-electron chi connectivity index (χ1n) is 5.37. The summed E-state index contributed by atoms with van der Waals surface area (Å²) in [5.41, 5.74) is 2.25. The monoisotopic (exact) mass is 216 g/mol. The second-order valence-corrected chi connectivity index (χ2v) is 3.87. The van der Waals surface area contributed by atoms with Gasteiger partial charge in [-0.3, -0.25) is 9.67 Å². The number of nitrogens with one attached hydrogen (secondary N) is 1. The molecule has 0 amide bonds. The molecule has 2 rings (SSSR count). The summed E-state index contributed by atoms with van der Waals surface area (Å²) in [5.74, 6) is 0. The Morgan fingerprint density at radius 3 is 2.94 bits per heavy atom. The summed E-state index contributed by atoms with van der Waals surface area (Å²) in [7, 11) is 1.93. The van der Waals surface area contributed by atoms with Crippen molar-refractivity contribution in [1.29, 1.82) is 0 Å². The standard InChI is InChI=1S/C12H16N4/c1-10(11-7-15-16(2)9-11)14-8-12-5-3-4-6-13-12/h3-7,9-10,14H,8H2,1-2H3. The van der Waals surface area contributed by atoms with Gasteiger partial charge in [-0.1, -0.05) is 6.07 Å². The zero-order valence-electron chi connectivity index (χ0n) is 9.59. The second kappa shape index (κ2) is 4.90. The van der Waals surface area contributed by atoms with Crippen LogP contribution in [-0.2, 0) is 13.6 Å². The van der Waals surface area contributed by atoms with Crippen LogP contribution in [0.25, 0.3) is 0 Å². The first kappa shape index (κ1) is 10.8. The summed E-state index contributed by atoms with van der Waals surface area (Å²) in [5, 5.41) is 7.57. The Bertz CT molecular complexity index is 435. The molecule has 1 N–H and O–H groups in total. The van der Waals surface area contributed by atoms with Gasteiger partial charge in [0.2, 0.25) is 0 Å². The van der Waals surface area contributed by atoms with E-state index in [-0.39, 0.29) is 6.04 Å². The van der Waals surface area contributed by atoms with Crippen LogP contribution in [0.2, 0.25) is 0 Å². The van der Waals surface area contributed by atoms with Crippen LogP contribution in [-0.4, -0.2) is 14.8 Å². The van der Waals surface area contributed by atoms with Gasteiger partial charge in [0, 0.05) is 37.6 Å². The highest BCUT2D eigenvalue weighted by atomic mass is 15.2. The minimum Gasteiger partial charge on any atom is -0.304 e. The molecule has 0 spiro atoms. The lowest BCUT2D eigenvalue weighted by Crippen LogP contribution is -2.18. The second-order valence-electron chi connectivity index (χ2n) is 3.87. The van der Waals surface area contributed by atoms with Crippen LogP contribution in [0.4, 0.5) is 0 Å². The van der Waals surface area contributed by atoms with Crippen molar-refractivity contribution in [2.24, 2.45) is 7.05 Å². The number of hydrogen-bond acceptors (Lipinski definition) is 3. The van der Waals surface area contributed by atoms with Crippen LogP contribution in [0.1, 0.15) is 24.2 Å². The molecule has 0 aliphatic heterocycles. The summed E-state index contributed by atoms with van der Waals surface area (Å²) in [6.07, 6.45) is 5.72. The summed E-state index contributed by atoms with van der Waals surface area (Å²) in [6, 6.07) is 6.23. The third-order valence-corrected chi connectivity index (χ3v) is 2.54. The number of aryl methyl sites for hydroxylation is 1. The SMILES string of the molecule is CC(NCc1ccccn1)c1cnn(C)c1. The highest BCUT2D eigenvalue weighted by Crippen LogP contribution is 2.10. The average Bonchev–Trinajstić information content (AvgIpc) is 2.74. The van der Waals surface area contributed by atoms with E-state index in [4.69, 9.17) is 0 Å². The van der Waals surface area contributed by atoms with Crippen molar-refractivity contribution in [3.05, 3.63) is 48.0 Å². The maximum Gasteiger partial charge on any atom is 0.0541 e. The van der Waals surface area contributed by atoms with Crippen molar-refractivity contribution >= 4 is 0 Å². The van der Waals surface area contributed by atoms with Gasteiger partial charge < -0.3 is 5.32 Å². The van der Waals surface area contributed by atoms with E-state index in [0.29, 0.717) is 0 Å². The van der Waals surface area contributed by atoms with Crippen molar-refractivity contribution in [2.45, 2.75) is 19.5 Å². The van der Waals surface area contributed by atoms with E-state index >= 15 is 0 Å². The molecule has 0 radical (unpaired) electrons. The van der Waals surface area contributed by atoms with E-state index in [0.717, 1.165) is 12.2 Å². The Morgan fingerprint density at radius 2 is 2.31 bits per heavy atom. The molecule has 4 nitrogen and oxygen atoms in total. The van der Waals surface area contributed by atoms with Gasteiger partial charge in [0.05, 0.1) is 11.9 Å². The number of rotatable bonds is 4. The molecule has 84 valence electrons. The predicted molar refractivity (Wildman–Crippen MR) is 62.7 cm³/mol. The minimum atomic E-state index is 0.288. The molecule has 4 heteroatoms. The number of pyridine rings is 1. The topological polar surface area (TPSA) is 42.7 Å². The van der Waals surface area contributed by atoms with Crippen molar-refractivity contribution < 1.29 is 0 Å². The van der Waals surface area contributed by atoms with Gasteiger partial charge in [0.1, 0.15) is 0 Å². The Labute approximate surface area is 95.3 Å². The maximum atomic E-state index is 4.27. The van der Waals surface area contributed by atoms with Crippen molar-refractivity contribution in [2.75, 3.05) is 0 Å². The van der Waals surface area contributed by atoms with E-state index in [2.05, 4.69) is 22.3 Å². The summed E-state index contributed by atoms with van der Waals surface area (Å²) < 4.78 is 1.81. The quantitative estimate of drug-likeness (QED) is 0.845. The lowest BCUT2D eigenvalue weighted by molar-refractivity contribution is 0.567. The van der Waals surface area contributed by atoms with Crippen LogP contribution in [0.3, 0.4) is 0 Å². The van der Waals surface area contributed by atoms with Crippen LogP contribution >= 0.6 is 0 Å². The van der Waals surface area contributed by atoms with Gasteiger partial charge in [0.15, 0.2) is 0 Å². The van der Waals surface area contributed by atoms with Crippen LogP contribution in [0, 0.1) is 0 Å². The van der Waals surface area contributed by atoms with E-state index in [1.54, 1.807) is 0 Å². The molecule has 0 aliphatic carbocycles. The Balaban J connectivity index is 1.91. The Kier molecular flexibility index (Phi) is 3.31. The van der Waals surface area contributed by atoms with Crippen molar-refractivity contribution in [3.8, 4) is 0 Å². The molecule has 0 fully saturated rings. The zero-order valence-corrected chi connectivity index (χ0v) is 9.59. The van der Waals surface area contributed by atoms with Crippen LogP contribution in [0.15, 0.2) is 36.8 Å². The molecular weight excluding hydrogens is 200 g/mol. The first-order valence-corrected chi connectivity index (χ1v) is 5.37. The summed E-state index contributed by atoms with van der Waals surface area (Å²) in [4.78, 5) is 4.27.